The number of rotatable bonds is 2. The van der Waals surface area contributed by atoms with E-state index in [1.807, 2.05) is 24.3 Å². The summed E-state index contributed by atoms with van der Waals surface area (Å²) in [6, 6.07) is 7.99. The minimum absolute atomic E-state index is 0.893. The Kier molecular flexibility index (Phi) is 3.97. The van der Waals surface area contributed by atoms with Crippen LogP contribution in [0.3, 0.4) is 0 Å². The third-order valence-electron chi connectivity index (χ3n) is 3.04. The highest BCUT2D eigenvalue weighted by Crippen LogP contribution is 2.21. The van der Waals surface area contributed by atoms with Gasteiger partial charge in [-0.15, -0.1) is 0 Å². The molecule has 0 atom stereocenters. The zero-order chi connectivity index (χ0) is 11.2. The molecule has 1 aliphatic rings. The lowest BCUT2D eigenvalue weighted by Gasteiger charge is -2.03. The van der Waals surface area contributed by atoms with Crippen molar-refractivity contribution in [1.29, 1.82) is 0 Å². The molecule has 2 rings (SSSR count). The molecule has 0 radical (unpaired) electrons. The third-order valence-corrected chi connectivity index (χ3v) is 3.04. The number of hydrogen-bond donors (Lipinski definition) is 0. The van der Waals surface area contributed by atoms with Crippen molar-refractivity contribution in [3.05, 3.63) is 24.3 Å². The van der Waals surface area contributed by atoms with Gasteiger partial charge in [-0.25, -0.2) is 0 Å². The highest BCUT2D eigenvalue weighted by Gasteiger charge is 2.05. The summed E-state index contributed by atoms with van der Waals surface area (Å²) in [6.45, 7) is 0. The smallest absolute Gasteiger partial charge is 0.119 e. The fraction of sp³-hybridized carbons (Fsp3) is 0.500. The maximum absolute atomic E-state index is 5.13. The van der Waals surface area contributed by atoms with Gasteiger partial charge < -0.3 is 4.74 Å². The SMILES string of the molecule is COc1ccc(N=C2CCCCCC2)cc1. The Morgan fingerprint density at radius 1 is 0.938 bits per heavy atom. The second-order valence-corrected chi connectivity index (χ2v) is 4.29. The standard InChI is InChI=1S/C14H19NO/c1-16-14-10-8-13(9-11-14)15-12-6-4-2-3-5-7-12/h8-11H,2-7H2,1H3. The molecule has 2 heteroatoms. The zero-order valence-corrected chi connectivity index (χ0v) is 9.91. The lowest BCUT2D eigenvalue weighted by atomic mass is 10.2. The van der Waals surface area contributed by atoms with Gasteiger partial charge in [-0.05, 0) is 49.9 Å². The molecule has 0 unspecified atom stereocenters. The molecule has 1 aliphatic carbocycles. The minimum Gasteiger partial charge on any atom is -0.497 e. The number of hydrogen-bond acceptors (Lipinski definition) is 2. The van der Waals surface area contributed by atoms with Crippen LogP contribution in [0.25, 0.3) is 0 Å². The molecule has 1 fully saturated rings. The lowest BCUT2D eigenvalue weighted by Crippen LogP contribution is -1.94. The van der Waals surface area contributed by atoms with Crippen LogP contribution in [0.1, 0.15) is 38.5 Å². The molecule has 86 valence electrons. The highest BCUT2D eigenvalue weighted by molar-refractivity contribution is 5.87. The van der Waals surface area contributed by atoms with Crippen LogP contribution >= 0.6 is 0 Å². The Labute approximate surface area is 97.4 Å². The molecule has 0 amide bonds. The topological polar surface area (TPSA) is 21.6 Å². The van der Waals surface area contributed by atoms with Gasteiger partial charge in [0.25, 0.3) is 0 Å². The molecular formula is C14H19NO. The summed E-state index contributed by atoms with van der Waals surface area (Å²) in [5.74, 6) is 0.893. The Morgan fingerprint density at radius 3 is 2.12 bits per heavy atom. The van der Waals surface area contributed by atoms with Crippen LogP contribution in [0.2, 0.25) is 0 Å². The molecule has 0 heterocycles. The first kappa shape index (κ1) is 11.2. The molecule has 0 saturated heterocycles. The molecule has 0 aliphatic heterocycles. The van der Waals surface area contributed by atoms with E-state index in [-0.39, 0.29) is 0 Å². The van der Waals surface area contributed by atoms with Gasteiger partial charge in [-0.2, -0.15) is 0 Å². The van der Waals surface area contributed by atoms with E-state index >= 15 is 0 Å². The maximum atomic E-state index is 5.13. The zero-order valence-electron chi connectivity index (χ0n) is 9.91. The van der Waals surface area contributed by atoms with Crippen molar-refractivity contribution >= 4 is 11.4 Å². The average Bonchev–Trinajstić information content (AvgIpc) is 2.59. The molecule has 1 aromatic rings. The van der Waals surface area contributed by atoms with Gasteiger partial charge in [-0.3, -0.25) is 4.99 Å². The number of benzene rings is 1. The summed E-state index contributed by atoms with van der Waals surface area (Å²) >= 11 is 0. The Balaban J connectivity index is 2.07. The molecular weight excluding hydrogens is 198 g/mol. The Hall–Kier alpha value is -1.31. The van der Waals surface area contributed by atoms with E-state index in [0.717, 1.165) is 11.4 Å². The fourth-order valence-electron chi connectivity index (χ4n) is 2.09. The van der Waals surface area contributed by atoms with Gasteiger partial charge in [0, 0.05) is 5.71 Å². The number of aliphatic imine (C=N–C) groups is 1. The van der Waals surface area contributed by atoms with Crippen LogP contribution in [0.15, 0.2) is 29.3 Å². The van der Waals surface area contributed by atoms with E-state index < -0.39 is 0 Å². The van der Waals surface area contributed by atoms with Crippen LogP contribution in [-0.2, 0) is 0 Å². The molecule has 0 aromatic heterocycles. The number of methoxy groups -OCH3 is 1. The summed E-state index contributed by atoms with van der Waals surface area (Å²) in [7, 11) is 1.69. The van der Waals surface area contributed by atoms with Crippen molar-refractivity contribution in [3.8, 4) is 5.75 Å². The van der Waals surface area contributed by atoms with Crippen molar-refractivity contribution in [2.75, 3.05) is 7.11 Å². The first-order chi connectivity index (χ1) is 7.88. The number of ether oxygens (including phenoxy) is 1. The van der Waals surface area contributed by atoms with Crippen molar-refractivity contribution in [2.24, 2.45) is 4.99 Å². The maximum Gasteiger partial charge on any atom is 0.119 e. The van der Waals surface area contributed by atoms with E-state index in [0.29, 0.717) is 0 Å². The van der Waals surface area contributed by atoms with Gasteiger partial charge in [0.05, 0.1) is 12.8 Å². The molecule has 2 nitrogen and oxygen atoms in total. The van der Waals surface area contributed by atoms with E-state index in [9.17, 15) is 0 Å². The third kappa shape index (κ3) is 3.09. The quantitative estimate of drug-likeness (QED) is 0.683. The first-order valence-electron chi connectivity index (χ1n) is 6.09. The van der Waals surface area contributed by atoms with Crippen LogP contribution < -0.4 is 4.74 Å². The highest BCUT2D eigenvalue weighted by atomic mass is 16.5. The second-order valence-electron chi connectivity index (χ2n) is 4.29. The van der Waals surface area contributed by atoms with E-state index in [4.69, 9.17) is 9.73 Å². The Morgan fingerprint density at radius 2 is 1.56 bits per heavy atom. The van der Waals surface area contributed by atoms with Crippen LogP contribution in [-0.4, -0.2) is 12.8 Å². The van der Waals surface area contributed by atoms with Crippen molar-refractivity contribution < 1.29 is 4.74 Å². The van der Waals surface area contributed by atoms with Crippen LogP contribution in [0.4, 0.5) is 5.69 Å². The summed E-state index contributed by atoms with van der Waals surface area (Å²) in [4.78, 5) is 4.71. The monoisotopic (exact) mass is 217 g/mol. The van der Waals surface area contributed by atoms with Gasteiger partial charge in [-0.1, -0.05) is 12.8 Å². The van der Waals surface area contributed by atoms with Gasteiger partial charge >= 0.3 is 0 Å². The van der Waals surface area contributed by atoms with Crippen LogP contribution in [0.5, 0.6) is 5.75 Å². The van der Waals surface area contributed by atoms with Gasteiger partial charge in [0.1, 0.15) is 5.75 Å². The number of nitrogens with zero attached hydrogens (tertiary/aromatic N) is 1. The summed E-state index contributed by atoms with van der Waals surface area (Å²) in [5.41, 5.74) is 2.42. The average molecular weight is 217 g/mol. The fourth-order valence-corrected chi connectivity index (χ4v) is 2.09. The molecule has 1 saturated carbocycles. The molecule has 0 spiro atoms. The summed E-state index contributed by atoms with van der Waals surface area (Å²) in [6.07, 6.45) is 7.67. The molecule has 0 bridgehead atoms. The normalized spacial score (nSPS) is 16.7. The van der Waals surface area contributed by atoms with E-state index in [1.165, 1.54) is 44.2 Å². The minimum atomic E-state index is 0.893. The van der Waals surface area contributed by atoms with Crippen molar-refractivity contribution in [2.45, 2.75) is 38.5 Å². The largest absolute Gasteiger partial charge is 0.497 e. The second kappa shape index (κ2) is 5.69. The summed E-state index contributed by atoms with van der Waals surface area (Å²) < 4.78 is 5.13. The van der Waals surface area contributed by atoms with E-state index in [2.05, 4.69) is 0 Å². The Bertz CT molecular complexity index is 344. The summed E-state index contributed by atoms with van der Waals surface area (Å²) in [5, 5.41) is 0. The predicted octanol–water partition coefficient (Wildman–Crippen LogP) is 4.12. The van der Waals surface area contributed by atoms with Gasteiger partial charge in [0.2, 0.25) is 0 Å². The molecule has 0 N–H and O–H groups in total. The van der Waals surface area contributed by atoms with E-state index in [1.54, 1.807) is 7.11 Å². The first-order valence-corrected chi connectivity index (χ1v) is 6.09. The van der Waals surface area contributed by atoms with Crippen LogP contribution in [0, 0.1) is 0 Å². The van der Waals surface area contributed by atoms with Crippen molar-refractivity contribution in [1.82, 2.24) is 0 Å². The molecule has 16 heavy (non-hydrogen) atoms. The lowest BCUT2D eigenvalue weighted by molar-refractivity contribution is 0.415. The van der Waals surface area contributed by atoms with Gasteiger partial charge in [0.15, 0.2) is 0 Å². The predicted molar refractivity (Wildman–Crippen MR) is 67.8 cm³/mol. The van der Waals surface area contributed by atoms with Crippen molar-refractivity contribution in [3.63, 3.8) is 0 Å². The molecule has 1 aromatic carbocycles.